The van der Waals surface area contributed by atoms with Crippen LogP contribution in [-0.2, 0) is 31.1 Å². The molecule has 2 N–H and O–H groups in total. The number of aryl methyl sites for hydroxylation is 4. The van der Waals surface area contributed by atoms with Crippen LogP contribution in [0.2, 0.25) is 0 Å². The van der Waals surface area contributed by atoms with Gasteiger partial charge in [-0.25, -0.2) is 0 Å². The van der Waals surface area contributed by atoms with Crippen molar-refractivity contribution in [1.29, 1.82) is 0 Å². The summed E-state index contributed by atoms with van der Waals surface area (Å²) >= 11 is 0. The molecule has 244 valence electrons. The Bertz CT molecular complexity index is 898. The van der Waals surface area contributed by atoms with Gasteiger partial charge in [-0.3, -0.25) is 0 Å². The van der Waals surface area contributed by atoms with Crippen molar-refractivity contribution in [1.82, 2.24) is 0 Å². The van der Waals surface area contributed by atoms with Gasteiger partial charge in [-0.1, -0.05) is 117 Å². The summed E-state index contributed by atoms with van der Waals surface area (Å²) in [5.41, 5.74) is 7.61. The Labute approximate surface area is 264 Å². The standard InChI is InChI=1S/C39H64O4/c1-7-11-15-19-31-27-35(28-32(20-16-12-8-2)37(31)42-25-23-40)39(5,6)36-29-33(21-17-13-9-3)38(43-26-24-41)34(30-36)22-18-14-10-4/h27-30,40-41H,7-26H2,1-6H3. The van der Waals surface area contributed by atoms with E-state index in [0.717, 1.165) is 62.9 Å². The number of hydrogen-bond acceptors (Lipinski definition) is 4. The molecule has 2 aromatic carbocycles. The van der Waals surface area contributed by atoms with Gasteiger partial charge in [0.05, 0.1) is 13.2 Å². The van der Waals surface area contributed by atoms with Crippen LogP contribution in [0.25, 0.3) is 0 Å². The van der Waals surface area contributed by atoms with Gasteiger partial charge in [0.1, 0.15) is 24.7 Å². The third-order valence-electron chi connectivity index (χ3n) is 8.80. The van der Waals surface area contributed by atoms with E-state index in [1.54, 1.807) is 0 Å². The van der Waals surface area contributed by atoms with E-state index in [-0.39, 0.29) is 18.6 Å². The SMILES string of the molecule is CCCCCc1cc(C(C)(C)c2cc(CCCCC)c(OCCO)c(CCCCC)c2)cc(CCCCC)c1OCCO. The maximum atomic E-state index is 9.60. The highest BCUT2D eigenvalue weighted by atomic mass is 16.5. The van der Waals surface area contributed by atoms with Crippen LogP contribution in [0.3, 0.4) is 0 Å². The number of benzene rings is 2. The second-order valence-corrected chi connectivity index (χ2v) is 12.8. The summed E-state index contributed by atoms with van der Waals surface area (Å²) in [6.07, 6.45) is 18.1. The number of hydrogen-bond donors (Lipinski definition) is 2. The minimum absolute atomic E-state index is 0.0301. The maximum Gasteiger partial charge on any atom is 0.125 e. The third-order valence-corrected chi connectivity index (χ3v) is 8.80. The molecule has 0 heterocycles. The van der Waals surface area contributed by atoms with Gasteiger partial charge in [-0.2, -0.15) is 0 Å². The molecule has 43 heavy (non-hydrogen) atoms. The lowest BCUT2D eigenvalue weighted by Gasteiger charge is -2.31. The molecule has 0 aliphatic carbocycles. The number of aliphatic hydroxyl groups is 2. The van der Waals surface area contributed by atoms with E-state index in [2.05, 4.69) is 65.8 Å². The van der Waals surface area contributed by atoms with Crippen LogP contribution >= 0.6 is 0 Å². The minimum atomic E-state index is -0.205. The fourth-order valence-electron chi connectivity index (χ4n) is 6.07. The Hall–Kier alpha value is -2.04. The molecule has 0 aromatic heterocycles. The zero-order chi connectivity index (χ0) is 31.5. The molecule has 4 nitrogen and oxygen atoms in total. The quantitative estimate of drug-likeness (QED) is 0.118. The maximum absolute atomic E-state index is 9.60. The molecular weight excluding hydrogens is 532 g/mol. The molecule has 0 spiro atoms. The lowest BCUT2D eigenvalue weighted by Crippen LogP contribution is -2.22. The summed E-state index contributed by atoms with van der Waals surface area (Å²) in [6.45, 7) is 14.5. The molecule has 0 atom stereocenters. The smallest absolute Gasteiger partial charge is 0.125 e. The Balaban J connectivity index is 2.70. The molecule has 2 aromatic rings. The van der Waals surface area contributed by atoms with E-state index in [9.17, 15) is 10.2 Å². The van der Waals surface area contributed by atoms with Gasteiger partial charge < -0.3 is 19.7 Å². The van der Waals surface area contributed by atoms with Crippen molar-refractivity contribution in [3.63, 3.8) is 0 Å². The molecule has 0 saturated heterocycles. The Morgan fingerprint density at radius 2 is 0.767 bits per heavy atom. The number of aliphatic hydroxyl groups excluding tert-OH is 2. The van der Waals surface area contributed by atoms with Gasteiger partial charge in [0.15, 0.2) is 0 Å². The van der Waals surface area contributed by atoms with Crippen molar-refractivity contribution < 1.29 is 19.7 Å². The van der Waals surface area contributed by atoms with Crippen LogP contribution in [0.1, 0.15) is 152 Å². The minimum Gasteiger partial charge on any atom is -0.491 e. The summed E-state index contributed by atoms with van der Waals surface area (Å²) in [4.78, 5) is 0. The summed E-state index contributed by atoms with van der Waals surface area (Å²) in [6, 6.07) is 9.59. The molecule has 0 fully saturated rings. The van der Waals surface area contributed by atoms with E-state index in [0.29, 0.717) is 13.2 Å². The van der Waals surface area contributed by atoms with Crippen LogP contribution in [0.4, 0.5) is 0 Å². The second kappa shape index (κ2) is 20.8. The highest BCUT2D eigenvalue weighted by Crippen LogP contribution is 2.41. The lowest BCUT2D eigenvalue weighted by molar-refractivity contribution is 0.199. The first-order chi connectivity index (χ1) is 20.9. The number of rotatable bonds is 24. The largest absolute Gasteiger partial charge is 0.491 e. The monoisotopic (exact) mass is 596 g/mol. The summed E-state index contributed by atoms with van der Waals surface area (Å²) in [5.74, 6) is 2.02. The Morgan fingerprint density at radius 1 is 0.488 bits per heavy atom. The molecule has 2 rings (SSSR count). The zero-order valence-electron chi connectivity index (χ0n) is 28.7. The highest BCUT2D eigenvalue weighted by Gasteiger charge is 2.28. The van der Waals surface area contributed by atoms with Crippen molar-refractivity contribution in [3.05, 3.63) is 57.6 Å². The van der Waals surface area contributed by atoms with Crippen molar-refractivity contribution in [2.75, 3.05) is 26.4 Å². The predicted octanol–water partition coefficient (Wildman–Crippen LogP) is 9.69. The van der Waals surface area contributed by atoms with Crippen molar-refractivity contribution in [3.8, 4) is 11.5 Å². The highest BCUT2D eigenvalue weighted by molar-refractivity contribution is 5.53. The molecule has 0 amide bonds. The average molecular weight is 597 g/mol. The average Bonchev–Trinajstić information content (AvgIpc) is 3.00. The molecule has 4 heteroatoms. The summed E-state index contributed by atoms with van der Waals surface area (Å²) < 4.78 is 12.5. The van der Waals surface area contributed by atoms with Gasteiger partial charge in [0.2, 0.25) is 0 Å². The van der Waals surface area contributed by atoms with E-state index < -0.39 is 0 Å². The van der Waals surface area contributed by atoms with Crippen molar-refractivity contribution in [2.45, 2.75) is 150 Å². The molecule has 0 unspecified atom stereocenters. The normalized spacial score (nSPS) is 11.7. The number of ether oxygens (including phenoxy) is 2. The molecular formula is C39H64O4. The van der Waals surface area contributed by atoms with Crippen LogP contribution in [0.5, 0.6) is 11.5 Å². The van der Waals surface area contributed by atoms with Gasteiger partial charge in [0, 0.05) is 5.41 Å². The number of unbranched alkanes of at least 4 members (excludes halogenated alkanes) is 8. The van der Waals surface area contributed by atoms with E-state index in [1.165, 1.54) is 84.7 Å². The van der Waals surface area contributed by atoms with Crippen LogP contribution in [-0.4, -0.2) is 36.6 Å². The molecule has 0 aliphatic heterocycles. The predicted molar refractivity (Wildman–Crippen MR) is 183 cm³/mol. The van der Waals surface area contributed by atoms with Gasteiger partial charge >= 0.3 is 0 Å². The lowest BCUT2D eigenvalue weighted by atomic mass is 9.75. The first kappa shape index (κ1) is 37.1. The van der Waals surface area contributed by atoms with E-state index in [1.807, 2.05) is 0 Å². The fraction of sp³-hybridized carbons (Fsp3) is 0.692. The third kappa shape index (κ3) is 11.8. The summed E-state index contributed by atoms with van der Waals surface area (Å²) in [5, 5.41) is 19.2. The Morgan fingerprint density at radius 3 is 1.00 bits per heavy atom. The van der Waals surface area contributed by atoms with Crippen molar-refractivity contribution in [2.24, 2.45) is 0 Å². The van der Waals surface area contributed by atoms with Gasteiger partial charge in [-0.15, -0.1) is 0 Å². The van der Waals surface area contributed by atoms with Gasteiger partial charge in [-0.05, 0) is 84.7 Å². The van der Waals surface area contributed by atoms with Gasteiger partial charge in [0.25, 0.3) is 0 Å². The van der Waals surface area contributed by atoms with Crippen LogP contribution in [0.15, 0.2) is 24.3 Å². The summed E-state index contributed by atoms with van der Waals surface area (Å²) in [7, 11) is 0. The van der Waals surface area contributed by atoms with E-state index in [4.69, 9.17) is 9.47 Å². The zero-order valence-corrected chi connectivity index (χ0v) is 28.7. The topological polar surface area (TPSA) is 58.9 Å². The van der Waals surface area contributed by atoms with Crippen molar-refractivity contribution >= 4 is 0 Å². The molecule has 0 radical (unpaired) electrons. The molecule has 0 aliphatic rings. The van der Waals surface area contributed by atoms with Crippen LogP contribution in [0, 0.1) is 0 Å². The first-order valence-electron chi connectivity index (χ1n) is 17.7. The molecule has 0 saturated carbocycles. The van der Waals surface area contributed by atoms with E-state index >= 15 is 0 Å². The first-order valence-corrected chi connectivity index (χ1v) is 17.7. The Kier molecular flexibility index (Phi) is 18.0. The fourth-order valence-corrected chi connectivity index (χ4v) is 6.07. The second-order valence-electron chi connectivity index (χ2n) is 12.8. The molecule has 0 bridgehead atoms. The van der Waals surface area contributed by atoms with Crippen LogP contribution < -0.4 is 9.47 Å².